The van der Waals surface area contributed by atoms with E-state index in [0.29, 0.717) is 28.0 Å². The average molecular weight is 301 g/mol. The normalized spacial score (nSPS) is 19.7. The van der Waals surface area contributed by atoms with Crippen molar-refractivity contribution in [3.63, 3.8) is 0 Å². The van der Waals surface area contributed by atoms with Gasteiger partial charge in [0.25, 0.3) is 5.91 Å². The lowest BCUT2D eigenvalue weighted by Crippen LogP contribution is -2.30. The third kappa shape index (κ3) is 2.14. The number of hydrogen-bond donors (Lipinski definition) is 3. The predicted molar refractivity (Wildman–Crippen MR) is 81.4 cm³/mol. The summed E-state index contributed by atoms with van der Waals surface area (Å²) in [5, 5.41) is 23.5. The Morgan fingerprint density at radius 2 is 1.91 bits per heavy atom. The largest absolute Gasteiger partial charge is 0.450 e. The van der Waals surface area contributed by atoms with Crippen molar-refractivity contribution in [2.75, 3.05) is 0 Å². The van der Waals surface area contributed by atoms with Crippen molar-refractivity contribution >= 4 is 5.91 Å². The first kappa shape index (κ1) is 14.8. The maximum Gasteiger partial charge on any atom is 0.287 e. The molecule has 2 unspecified atom stereocenters. The van der Waals surface area contributed by atoms with Crippen LogP contribution >= 0.6 is 0 Å². The minimum atomic E-state index is -1.10. The average Bonchev–Trinajstić information content (AvgIpc) is 2.82. The number of aliphatic hydroxyl groups is 2. The van der Waals surface area contributed by atoms with Crippen LogP contribution in [0.5, 0.6) is 0 Å². The molecule has 0 fully saturated rings. The van der Waals surface area contributed by atoms with Crippen LogP contribution in [0.15, 0.2) is 28.7 Å². The zero-order chi connectivity index (χ0) is 16.0. The van der Waals surface area contributed by atoms with Crippen LogP contribution in [-0.2, 0) is 0 Å². The number of amides is 1. The summed E-state index contributed by atoms with van der Waals surface area (Å²) in [5.41, 5.74) is 2.36. The van der Waals surface area contributed by atoms with E-state index in [0.717, 1.165) is 0 Å². The summed E-state index contributed by atoms with van der Waals surface area (Å²) in [4.78, 5) is 12.2. The highest BCUT2D eigenvalue weighted by Crippen LogP contribution is 2.47. The highest BCUT2D eigenvalue weighted by atomic mass is 16.4. The minimum Gasteiger partial charge on any atom is -0.450 e. The molecule has 3 N–H and O–H groups in total. The van der Waals surface area contributed by atoms with Crippen LogP contribution in [0.3, 0.4) is 0 Å². The molecule has 0 spiro atoms. The molecule has 2 aromatic rings. The number of fused-ring (bicyclic) bond motifs is 3. The molecular weight excluding hydrogens is 282 g/mol. The Labute approximate surface area is 128 Å². The maximum atomic E-state index is 12.2. The molecule has 1 aliphatic carbocycles. The van der Waals surface area contributed by atoms with Crippen LogP contribution in [0.4, 0.5) is 0 Å². The molecule has 0 radical (unpaired) electrons. The number of hydrogen-bond acceptors (Lipinski definition) is 4. The third-order valence-electron chi connectivity index (χ3n) is 3.94. The van der Waals surface area contributed by atoms with Gasteiger partial charge in [0.15, 0.2) is 5.76 Å². The zero-order valence-corrected chi connectivity index (χ0v) is 12.8. The van der Waals surface area contributed by atoms with Gasteiger partial charge in [0.1, 0.15) is 18.0 Å². The molecule has 0 saturated carbocycles. The summed E-state index contributed by atoms with van der Waals surface area (Å²) in [6.07, 6.45) is -2.13. The van der Waals surface area contributed by atoms with Crippen LogP contribution in [0, 0.1) is 6.92 Å². The molecule has 5 nitrogen and oxygen atoms in total. The number of aliphatic hydroxyl groups excluding tert-OH is 2. The van der Waals surface area contributed by atoms with Crippen molar-refractivity contribution in [1.82, 2.24) is 5.32 Å². The van der Waals surface area contributed by atoms with Gasteiger partial charge < -0.3 is 19.9 Å². The Morgan fingerprint density at radius 3 is 2.59 bits per heavy atom. The first-order valence-electron chi connectivity index (χ1n) is 7.31. The number of carbonyl (C=O) groups is 1. The molecular formula is C17H19NO4. The first-order chi connectivity index (χ1) is 10.4. The predicted octanol–water partition coefficient (Wildman–Crippen LogP) is 2.47. The monoisotopic (exact) mass is 301 g/mol. The van der Waals surface area contributed by atoms with Gasteiger partial charge in [-0.3, -0.25) is 4.79 Å². The lowest BCUT2D eigenvalue weighted by atomic mass is 9.85. The number of nitrogens with one attached hydrogen (secondary N) is 1. The number of furan rings is 1. The van der Waals surface area contributed by atoms with E-state index in [2.05, 4.69) is 5.32 Å². The van der Waals surface area contributed by atoms with Gasteiger partial charge >= 0.3 is 0 Å². The Kier molecular flexibility index (Phi) is 3.54. The minimum absolute atomic E-state index is 0.0168. The molecule has 1 amide bonds. The van der Waals surface area contributed by atoms with Gasteiger partial charge in [0.2, 0.25) is 0 Å². The van der Waals surface area contributed by atoms with E-state index in [-0.39, 0.29) is 17.7 Å². The van der Waals surface area contributed by atoms with Crippen molar-refractivity contribution in [2.45, 2.75) is 39.0 Å². The van der Waals surface area contributed by atoms with E-state index in [4.69, 9.17) is 4.42 Å². The molecule has 0 aliphatic heterocycles. The lowest BCUT2D eigenvalue weighted by molar-refractivity contribution is 0.0149. The molecule has 116 valence electrons. The van der Waals surface area contributed by atoms with Crippen molar-refractivity contribution < 1.29 is 19.4 Å². The Morgan fingerprint density at radius 1 is 1.23 bits per heavy atom. The fourth-order valence-electron chi connectivity index (χ4n) is 2.92. The van der Waals surface area contributed by atoms with Crippen molar-refractivity contribution in [3.8, 4) is 11.3 Å². The Balaban J connectivity index is 2.17. The fourth-order valence-corrected chi connectivity index (χ4v) is 2.92. The highest BCUT2D eigenvalue weighted by molar-refractivity contribution is 5.95. The number of carbonyl (C=O) groups excluding carboxylic acids is 1. The van der Waals surface area contributed by atoms with Gasteiger partial charge in [-0.05, 0) is 26.3 Å². The number of benzene rings is 1. The smallest absolute Gasteiger partial charge is 0.287 e. The molecule has 1 heterocycles. The topological polar surface area (TPSA) is 82.7 Å². The Bertz CT molecular complexity index is 732. The van der Waals surface area contributed by atoms with Crippen molar-refractivity contribution in [1.29, 1.82) is 0 Å². The maximum absolute atomic E-state index is 12.2. The van der Waals surface area contributed by atoms with Gasteiger partial charge in [-0.15, -0.1) is 0 Å². The second-order valence-corrected chi connectivity index (χ2v) is 5.90. The van der Waals surface area contributed by atoms with Gasteiger partial charge in [-0.25, -0.2) is 0 Å². The molecule has 3 rings (SSSR count). The van der Waals surface area contributed by atoms with Crippen LogP contribution in [0.25, 0.3) is 11.3 Å². The zero-order valence-electron chi connectivity index (χ0n) is 12.8. The van der Waals surface area contributed by atoms with Gasteiger partial charge in [-0.1, -0.05) is 24.3 Å². The molecule has 1 aliphatic rings. The van der Waals surface area contributed by atoms with Crippen LogP contribution < -0.4 is 5.32 Å². The van der Waals surface area contributed by atoms with Gasteiger partial charge in [0, 0.05) is 22.7 Å². The summed E-state index contributed by atoms with van der Waals surface area (Å²) in [7, 11) is 0. The molecule has 1 aromatic carbocycles. The molecule has 0 bridgehead atoms. The summed E-state index contributed by atoms with van der Waals surface area (Å²) >= 11 is 0. The van der Waals surface area contributed by atoms with E-state index in [9.17, 15) is 15.0 Å². The van der Waals surface area contributed by atoms with Crippen LogP contribution in [0.2, 0.25) is 0 Å². The van der Waals surface area contributed by atoms with E-state index in [1.165, 1.54) is 0 Å². The standard InChI is InChI=1S/C17H19NO4/c1-8(2)18-17(21)15-9(3)12-14(20)13(19)10-6-4-5-7-11(10)16(12)22-15/h4-8,13-14,19-20H,1-3H3,(H,18,21). The summed E-state index contributed by atoms with van der Waals surface area (Å²) in [5.74, 6) is 0.322. The van der Waals surface area contributed by atoms with E-state index in [1.807, 2.05) is 26.0 Å². The first-order valence-corrected chi connectivity index (χ1v) is 7.31. The molecule has 22 heavy (non-hydrogen) atoms. The molecule has 0 saturated heterocycles. The van der Waals surface area contributed by atoms with Gasteiger partial charge in [0.05, 0.1) is 0 Å². The van der Waals surface area contributed by atoms with Gasteiger partial charge in [-0.2, -0.15) is 0 Å². The second-order valence-electron chi connectivity index (χ2n) is 5.90. The third-order valence-corrected chi connectivity index (χ3v) is 3.94. The van der Waals surface area contributed by atoms with Crippen LogP contribution in [-0.4, -0.2) is 22.2 Å². The van der Waals surface area contributed by atoms with E-state index >= 15 is 0 Å². The summed E-state index contributed by atoms with van der Waals surface area (Å²) in [6, 6.07) is 7.17. The fraction of sp³-hybridized carbons (Fsp3) is 0.353. The molecule has 1 aromatic heterocycles. The Hall–Kier alpha value is -2.11. The highest BCUT2D eigenvalue weighted by Gasteiger charge is 2.37. The number of rotatable bonds is 2. The molecule has 2 atom stereocenters. The summed E-state index contributed by atoms with van der Waals surface area (Å²) in [6.45, 7) is 5.45. The van der Waals surface area contributed by atoms with Crippen LogP contribution in [0.1, 0.15) is 53.3 Å². The van der Waals surface area contributed by atoms with Crippen molar-refractivity contribution in [3.05, 3.63) is 46.7 Å². The molecule has 5 heteroatoms. The van der Waals surface area contributed by atoms with E-state index < -0.39 is 12.2 Å². The van der Waals surface area contributed by atoms with Crippen molar-refractivity contribution in [2.24, 2.45) is 0 Å². The SMILES string of the molecule is Cc1c(C(=O)NC(C)C)oc2c1C(O)C(O)c1ccccc1-2. The second kappa shape index (κ2) is 5.26. The summed E-state index contributed by atoms with van der Waals surface area (Å²) < 4.78 is 5.76. The quantitative estimate of drug-likeness (QED) is 0.796. The van der Waals surface area contributed by atoms with E-state index in [1.54, 1.807) is 19.1 Å². The lowest BCUT2D eigenvalue weighted by Gasteiger charge is -2.26.